The third kappa shape index (κ3) is 2.23. The van der Waals surface area contributed by atoms with Crippen molar-refractivity contribution in [3.63, 3.8) is 0 Å². The number of aromatic nitrogens is 1. The molecule has 1 aromatic heterocycles. The minimum absolute atomic E-state index is 0.0704. The van der Waals surface area contributed by atoms with Crippen LogP contribution in [0.25, 0.3) is 10.9 Å². The summed E-state index contributed by atoms with van der Waals surface area (Å²) in [6, 6.07) is 12.5. The van der Waals surface area contributed by atoms with Crippen molar-refractivity contribution in [1.82, 2.24) is 4.98 Å². The number of fused-ring (bicyclic) bond motifs is 1. The van der Waals surface area contributed by atoms with Crippen LogP contribution >= 0.6 is 0 Å². The van der Waals surface area contributed by atoms with Crippen molar-refractivity contribution in [2.24, 2.45) is 0 Å². The van der Waals surface area contributed by atoms with Crippen molar-refractivity contribution in [3.05, 3.63) is 59.8 Å². The monoisotopic (exact) mass is 266 g/mol. The van der Waals surface area contributed by atoms with E-state index in [9.17, 15) is 9.90 Å². The Morgan fingerprint density at radius 2 is 2.00 bits per heavy atom. The number of aromatic amines is 1. The van der Waals surface area contributed by atoms with Crippen molar-refractivity contribution in [2.45, 2.75) is 6.92 Å². The number of phenols is 1. The maximum atomic E-state index is 12.2. The van der Waals surface area contributed by atoms with Crippen LogP contribution in [-0.4, -0.2) is 16.0 Å². The van der Waals surface area contributed by atoms with Gasteiger partial charge in [0, 0.05) is 22.7 Å². The number of aromatic hydroxyl groups is 1. The summed E-state index contributed by atoms with van der Waals surface area (Å²) in [6.45, 7) is 1.88. The van der Waals surface area contributed by atoms with E-state index < -0.39 is 0 Å². The molecule has 0 aliphatic carbocycles. The number of carbonyl (C=O) groups is 1. The van der Waals surface area contributed by atoms with Crippen molar-refractivity contribution < 1.29 is 9.90 Å². The van der Waals surface area contributed by atoms with Crippen molar-refractivity contribution in [1.29, 1.82) is 0 Å². The molecule has 100 valence electrons. The first-order chi connectivity index (χ1) is 9.63. The molecule has 0 radical (unpaired) electrons. The van der Waals surface area contributed by atoms with Crippen LogP contribution in [0.3, 0.4) is 0 Å². The molecular formula is C16H14N2O2. The zero-order valence-electron chi connectivity index (χ0n) is 11.0. The average Bonchev–Trinajstić information content (AvgIpc) is 2.89. The summed E-state index contributed by atoms with van der Waals surface area (Å²) >= 11 is 0. The van der Waals surface area contributed by atoms with E-state index >= 15 is 0 Å². The molecule has 3 aromatic rings. The molecular weight excluding hydrogens is 252 g/mol. The van der Waals surface area contributed by atoms with E-state index in [0.29, 0.717) is 11.3 Å². The molecule has 3 N–H and O–H groups in total. The first-order valence-corrected chi connectivity index (χ1v) is 6.31. The Bertz CT molecular complexity index is 790. The number of anilines is 1. The first kappa shape index (κ1) is 12.3. The van der Waals surface area contributed by atoms with Crippen LogP contribution in [0.1, 0.15) is 15.9 Å². The van der Waals surface area contributed by atoms with Gasteiger partial charge in [0.05, 0.1) is 5.69 Å². The molecule has 2 aromatic carbocycles. The minimum Gasteiger partial charge on any atom is -0.506 e. The number of amides is 1. The van der Waals surface area contributed by atoms with Crippen LogP contribution < -0.4 is 5.32 Å². The number of hydrogen-bond acceptors (Lipinski definition) is 2. The molecule has 1 amide bonds. The topological polar surface area (TPSA) is 65.1 Å². The minimum atomic E-state index is -0.243. The summed E-state index contributed by atoms with van der Waals surface area (Å²) in [6.07, 6.45) is 1.83. The van der Waals surface area contributed by atoms with Gasteiger partial charge in [0.2, 0.25) is 0 Å². The lowest BCUT2D eigenvalue weighted by atomic mass is 10.1. The highest BCUT2D eigenvalue weighted by Gasteiger charge is 2.09. The summed E-state index contributed by atoms with van der Waals surface area (Å²) in [5.74, 6) is -0.173. The molecule has 0 spiro atoms. The molecule has 0 atom stereocenters. The quantitative estimate of drug-likeness (QED) is 0.622. The van der Waals surface area contributed by atoms with E-state index in [-0.39, 0.29) is 11.7 Å². The predicted molar refractivity (Wildman–Crippen MR) is 79.1 cm³/mol. The van der Waals surface area contributed by atoms with Crippen molar-refractivity contribution in [2.75, 3.05) is 5.32 Å². The molecule has 4 heteroatoms. The van der Waals surface area contributed by atoms with Crippen LogP contribution in [0.4, 0.5) is 5.69 Å². The molecule has 0 saturated heterocycles. The molecule has 0 bridgehead atoms. The van der Waals surface area contributed by atoms with E-state index in [1.165, 1.54) is 0 Å². The highest BCUT2D eigenvalue weighted by molar-refractivity contribution is 6.06. The standard InChI is InChI=1S/C16H14N2O2/c1-10-2-4-14(15(19)8-10)18-16(20)12-3-5-13-11(9-12)6-7-17-13/h2-9,17,19H,1H3,(H,18,20). The van der Waals surface area contributed by atoms with Crippen LogP contribution in [-0.2, 0) is 0 Å². The molecule has 0 saturated carbocycles. The number of hydrogen-bond donors (Lipinski definition) is 3. The van der Waals surface area contributed by atoms with E-state index in [4.69, 9.17) is 0 Å². The number of phenolic OH excluding ortho intramolecular Hbond substituents is 1. The normalized spacial score (nSPS) is 10.7. The third-order valence-corrected chi connectivity index (χ3v) is 3.22. The lowest BCUT2D eigenvalue weighted by molar-refractivity contribution is 0.102. The van der Waals surface area contributed by atoms with Gasteiger partial charge in [-0.3, -0.25) is 4.79 Å². The summed E-state index contributed by atoms with van der Waals surface area (Å²) in [4.78, 5) is 15.3. The van der Waals surface area contributed by atoms with E-state index in [2.05, 4.69) is 10.3 Å². The molecule has 3 rings (SSSR count). The van der Waals surface area contributed by atoms with Crippen LogP contribution in [0.15, 0.2) is 48.7 Å². The smallest absolute Gasteiger partial charge is 0.255 e. The number of carbonyl (C=O) groups excluding carboxylic acids is 1. The average molecular weight is 266 g/mol. The predicted octanol–water partition coefficient (Wildman–Crippen LogP) is 3.43. The van der Waals surface area contributed by atoms with E-state index in [0.717, 1.165) is 16.5 Å². The Balaban J connectivity index is 1.88. The van der Waals surface area contributed by atoms with Gasteiger partial charge in [-0.25, -0.2) is 0 Å². The Kier molecular flexibility index (Phi) is 2.91. The highest BCUT2D eigenvalue weighted by atomic mass is 16.3. The van der Waals surface area contributed by atoms with Gasteiger partial charge in [-0.1, -0.05) is 6.07 Å². The van der Waals surface area contributed by atoms with Gasteiger partial charge < -0.3 is 15.4 Å². The molecule has 0 aliphatic rings. The molecule has 0 aliphatic heterocycles. The van der Waals surface area contributed by atoms with Crippen LogP contribution in [0, 0.1) is 6.92 Å². The SMILES string of the molecule is Cc1ccc(NC(=O)c2ccc3[nH]ccc3c2)c(O)c1. The fourth-order valence-corrected chi connectivity index (χ4v) is 2.14. The number of rotatable bonds is 2. The lowest BCUT2D eigenvalue weighted by Gasteiger charge is -2.08. The lowest BCUT2D eigenvalue weighted by Crippen LogP contribution is -2.11. The molecule has 0 fully saturated rings. The summed E-state index contributed by atoms with van der Waals surface area (Å²) in [7, 11) is 0. The molecule has 1 heterocycles. The van der Waals surface area contributed by atoms with Gasteiger partial charge in [0.15, 0.2) is 0 Å². The van der Waals surface area contributed by atoms with E-state index in [1.54, 1.807) is 18.2 Å². The number of benzene rings is 2. The Morgan fingerprint density at radius 3 is 2.80 bits per heavy atom. The van der Waals surface area contributed by atoms with Crippen molar-refractivity contribution >= 4 is 22.5 Å². The number of H-pyrrole nitrogens is 1. The molecule has 0 unspecified atom stereocenters. The Hall–Kier alpha value is -2.75. The maximum Gasteiger partial charge on any atom is 0.255 e. The second-order valence-electron chi connectivity index (χ2n) is 4.75. The van der Waals surface area contributed by atoms with Gasteiger partial charge >= 0.3 is 0 Å². The summed E-state index contributed by atoms with van der Waals surface area (Å²) in [5.41, 5.74) is 2.89. The first-order valence-electron chi connectivity index (χ1n) is 6.31. The summed E-state index contributed by atoms with van der Waals surface area (Å²) in [5, 5.41) is 13.5. The number of aryl methyl sites for hydroxylation is 1. The van der Waals surface area contributed by atoms with Gasteiger partial charge in [-0.2, -0.15) is 0 Å². The second kappa shape index (κ2) is 4.74. The highest BCUT2D eigenvalue weighted by Crippen LogP contribution is 2.24. The molecule has 20 heavy (non-hydrogen) atoms. The van der Waals surface area contributed by atoms with Crippen LogP contribution in [0.5, 0.6) is 5.75 Å². The third-order valence-electron chi connectivity index (χ3n) is 3.22. The Morgan fingerprint density at radius 1 is 1.15 bits per heavy atom. The summed E-state index contributed by atoms with van der Waals surface area (Å²) < 4.78 is 0. The van der Waals surface area contributed by atoms with Gasteiger partial charge in [0.1, 0.15) is 5.75 Å². The van der Waals surface area contributed by atoms with Gasteiger partial charge in [-0.15, -0.1) is 0 Å². The van der Waals surface area contributed by atoms with Crippen molar-refractivity contribution in [3.8, 4) is 5.75 Å². The zero-order valence-corrected chi connectivity index (χ0v) is 11.0. The molecule has 4 nitrogen and oxygen atoms in total. The number of nitrogens with one attached hydrogen (secondary N) is 2. The second-order valence-corrected chi connectivity index (χ2v) is 4.75. The Labute approximate surface area is 116 Å². The zero-order chi connectivity index (χ0) is 14.1. The van der Waals surface area contributed by atoms with Gasteiger partial charge in [-0.05, 0) is 48.9 Å². The van der Waals surface area contributed by atoms with E-state index in [1.807, 2.05) is 37.4 Å². The van der Waals surface area contributed by atoms with Gasteiger partial charge in [0.25, 0.3) is 5.91 Å². The fraction of sp³-hybridized carbons (Fsp3) is 0.0625. The largest absolute Gasteiger partial charge is 0.506 e. The maximum absolute atomic E-state index is 12.2. The van der Waals surface area contributed by atoms with Crippen LogP contribution in [0.2, 0.25) is 0 Å². The fourth-order valence-electron chi connectivity index (χ4n) is 2.14.